The summed E-state index contributed by atoms with van der Waals surface area (Å²) >= 11 is 8.30. The van der Waals surface area contributed by atoms with E-state index in [9.17, 15) is 13.6 Å². The van der Waals surface area contributed by atoms with Crippen LogP contribution < -0.4 is 5.32 Å². The molecule has 27 heavy (non-hydrogen) atoms. The van der Waals surface area contributed by atoms with Crippen LogP contribution >= 0.6 is 47.1 Å². The van der Waals surface area contributed by atoms with Crippen LogP contribution in [0.3, 0.4) is 0 Å². The van der Waals surface area contributed by atoms with E-state index in [0.717, 1.165) is 5.69 Å². The lowest BCUT2D eigenvalue weighted by molar-refractivity contribution is -0.113. The number of anilines is 1. The summed E-state index contributed by atoms with van der Waals surface area (Å²) in [7, 11) is 0. The van der Waals surface area contributed by atoms with Gasteiger partial charge in [-0.3, -0.25) is 4.79 Å². The number of benzene rings is 2. The maximum Gasteiger partial charge on any atom is 0.288 e. The van der Waals surface area contributed by atoms with E-state index in [0.29, 0.717) is 30.6 Å². The summed E-state index contributed by atoms with van der Waals surface area (Å²) in [6.07, 6.45) is 0. The molecule has 0 spiro atoms. The van der Waals surface area contributed by atoms with Crippen molar-refractivity contribution in [3.8, 4) is 5.69 Å². The molecular formula is C17H13F2N3OS4. The van der Waals surface area contributed by atoms with Crippen LogP contribution in [-0.2, 0) is 4.79 Å². The topological polar surface area (TPSA) is 46.9 Å². The van der Waals surface area contributed by atoms with Gasteiger partial charge in [-0.25, -0.2) is 4.68 Å². The number of rotatable bonds is 7. The van der Waals surface area contributed by atoms with Gasteiger partial charge >= 0.3 is 0 Å². The second-order valence-electron chi connectivity index (χ2n) is 5.09. The maximum atomic E-state index is 12.6. The average molecular weight is 442 g/mol. The van der Waals surface area contributed by atoms with Gasteiger partial charge in [-0.2, -0.15) is 8.78 Å². The molecule has 3 rings (SSSR count). The number of aromatic nitrogens is 2. The molecule has 0 unspecified atom stereocenters. The quantitative estimate of drug-likeness (QED) is 0.376. The van der Waals surface area contributed by atoms with Gasteiger partial charge in [0.05, 0.1) is 17.1 Å². The predicted octanol–water partition coefficient (Wildman–Crippen LogP) is 5.71. The Morgan fingerprint density at radius 1 is 1.19 bits per heavy atom. The molecule has 0 bridgehead atoms. The number of carbonyl (C=O) groups excluding carboxylic acids is 1. The number of halogens is 2. The van der Waals surface area contributed by atoms with Crippen molar-refractivity contribution in [2.75, 3.05) is 11.1 Å². The van der Waals surface area contributed by atoms with Gasteiger partial charge in [0.2, 0.25) is 5.91 Å². The van der Waals surface area contributed by atoms with Crippen molar-refractivity contribution in [3.63, 3.8) is 0 Å². The minimum absolute atomic E-state index is 0.102. The Bertz CT molecular complexity index is 976. The van der Waals surface area contributed by atoms with Crippen LogP contribution in [0, 0.1) is 3.95 Å². The van der Waals surface area contributed by atoms with Crippen LogP contribution in [0.15, 0.2) is 63.8 Å². The van der Waals surface area contributed by atoms with E-state index in [-0.39, 0.29) is 11.7 Å². The number of hydrogen-bond donors (Lipinski definition) is 1. The van der Waals surface area contributed by atoms with Gasteiger partial charge < -0.3 is 5.32 Å². The summed E-state index contributed by atoms with van der Waals surface area (Å²) in [5.41, 5.74) is 1.23. The molecule has 2 aromatic carbocycles. The van der Waals surface area contributed by atoms with Crippen LogP contribution in [-0.4, -0.2) is 27.2 Å². The first-order valence-corrected chi connectivity index (χ1v) is 10.7. The Morgan fingerprint density at radius 2 is 1.89 bits per heavy atom. The minimum Gasteiger partial charge on any atom is -0.324 e. The molecule has 1 heterocycles. The molecule has 4 nitrogen and oxygen atoms in total. The Morgan fingerprint density at radius 3 is 2.63 bits per heavy atom. The lowest BCUT2D eigenvalue weighted by atomic mass is 10.3. The number of para-hydroxylation sites is 2. The van der Waals surface area contributed by atoms with Gasteiger partial charge in [0, 0.05) is 4.90 Å². The van der Waals surface area contributed by atoms with E-state index in [1.54, 1.807) is 28.9 Å². The monoisotopic (exact) mass is 441 g/mol. The molecular weight excluding hydrogens is 428 g/mol. The van der Waals surface area contributed by atoms with Gasteiger partial charge in [0.1, 0.15) is 0 Å². The average Bonchev–Trinajstić information content (AvgIpc) is 3.03. The SMILES string of the molecule is O=C(CSc1nn(-c2ccccc2)c(=S)s1)Nc1ccccc1SC(F)F. The Kier molecular flexibility index (Phi) is 7.00. The zero-order chi connectivity index (χ0) is 19.2. The molecule has 0 aliphatic heterocycles. The van der Waals surface area contributed by atoms with Crippen molar-refractivity contribution in [1.29, 1.82) is 0 Å². The molecule has 1 N–H and O–H groups in total. The summed E-state index contributed by atoms with van der Waals surface area (Å²) in [4.78, 5) is 12.5. The van der Waals surface area contributed by atoms with Crippen LogP contribution in [0.25, 0.3) is 5.69 Å². The van der Waals surface area contributed by atoms with E-state index in [4.69, 9.17) is 12.2 Å². The third kappa shape index (κ3) is 5.61. The Balaban J connectivity index is 1.63. The molecule has 1 aromatic heterocycles. The molecule has 0 saturated heterocycles. The largest absolute Gasteiger partial charge is 0.324 e. The van der Waals surface area contributed by atoms with Crippen molar-refractivity contribution in [3.05, 3.63) is 58.6 Å². The fourth-order valence-electron chi connectivity index (χ4n) is 2.13. The highest BCUT2D eigenvalue weighted by Gasteiger charge is 2.13. The molecule has 0 saturated carbocycles. The second-order valence-corrected chi connectivity index (χ2v) is 8.97. The molecule has 140 valence electrons. The first-order valence-electron chi connectivity index (χ1n) is 7.65. The normalized spacial score (nSPS) is 10.9. The number of thioether (sulfide) groups is 2. The fourth-order valence-corrected chi connectivity index (χ4v) is 4.89. The number of amides is 1. The number of carbonyl (C=O) groups is 1. The number of nitrogens with zero attached hydrogens (tertiary/aromatic N) is 2. The molecule has 10 heteroatoms. The predicted molar refractivity (Wildman–Crippen MR) is 110 cm³/mol. The van der Waals surface area contributed by atoms with E-state index < -0.39 is 5.76 Å². The maximum absolute atomic E-state index is 12.6. The van der Waals surface area contributed by atoms with E-state index in [1.165, 1.54) is 23.1 Å². The standard InChI is InChI=1S/C17H13F2N3OS4/c18-15(19)26-13-9-5-4-8-12(13)20-14(23)10-25-16-21-22(17(24)27-16)11-6-2-1-3-7-11/h1-9,15H,10H2,(H,20,23). The Hall–Kier alpha value is -1.75. The van der Waals surface area contributed by atoms with Crippen molar-refractivity contribution >= 4 is 58.7 Å². The van der Waals surface area contributed by atoms with Gasteiger partial charge in [-0.1, -0.05) is 65.2 Å². The van der Waals surface area contributed by atoms with Crippen molar-refractivity contribution in [1.82, 2.24) is 9.78 Å². The molecule has 0 aliphatic carbocycles. The van der Waals surface area contributed by atoms with E-state index in [1.807, 2.05) is 30.3 Å². The highest BCUT2D eigenvalue weighted by atomic mass is 32.2. The van der Waals surface area contributed by atoms with Crippen LogP contribution in [0.1, 0.15) is 0 Å². The van der Waals surface area contributed by atoms with Crippen LogP contribution in [0.4, 0.5) is 14.5 Å². The highest BCUT2D eigenvalue weighted by Crippen LogP contribution is 2.32. The number of nitrogens with one attached hydrogen (secondary N) is 1. The van der Waals surface area contributed by atoms with Crippen molar-refractivity contribution in [2.24, 2.45) is 0 Å². The summed E-state index contributed by atoms with van der Waals surface area (Å²) in [6, 6.07) is 16.0. The smallest absolute Gasteiger partial charge is 0.288 e. The van der Waals surface area contributed by atoms with Crippen molar-refractivity contribution in [2.45, 2.75) is 15.0 Å². The number of hydrogen-bond acceptors (Lipinski definition) is 6. The number of alkyl halides is 2. The fraction of sp³-hybridized carbons (Fsp3) is 0.118. The molecule has 0 fully saturated rings. The molecule has 3 aromatic rings. The first kappa shape index (κ1) is 20.0. The Labute approximate surface area is 172 Å². The third-order valence-electron chi connectivity index (χ3n) is 3.23. The lowest BCUT2D eigenvalue weighted by Crippen LogP contribution is -2.14. The third-order valence-corrected chi connectivity index (χ3v) is 6.39. The summed E-state index contributed by atoms with van der Waals surface area (Å²) in [5.74, 6) is -2.74. The highest BCUT2D eigenvalue weighted by molar-refractivity contribution is 8.01. The van der Waals surface area contributed by atoms with Gasteiger partial charge in [0.25, 0.3) is 5.76 Å². The first-order chi connectivity index (χ1) is 13.0. The van der Waals surface area contributed by atoms with Crippen LogP contribution in [0.5, 0.6) is 0 Å². The summed E-state index contributed by atoms with van der Waals surface area (Å²) in [5, 5.41) is 7.10. The summed E-state index contributed by atoms with van der Waals surface area (Å²) in [6.45, 7) is 0. The zero-order valence-electron chi connectivity index (χ0n) is 13.7. The minimum atomic E-state index is -2.55. The van der Waals surface area contributed by atoms with Gasteiger partial charge in [0.15, 0.2) is 8.29 Å². The second kappa shape index (κ2) is 9.45. The molecule has 0 radical (unpaired) electrons. The van der Waals surface area contributed by atoms with Crippen LogP contribution in [0.2, 0.25) is 0 Å². The van der Waals surface area contributed by atoms with Crippen molar-refractivity contribution < 1.29 is 13.6 Å². The lowest BCUT2D eigenvalue weighted by Gasteiger charge is -2.09. The summed E-state index contributed by atoms with van der Waals surface area (Å²) < 4.78 is 28.1. The molecule has 0 aliphatic rings. The van der Waals surface area contributed by atoms with E-state index in [2.05, 4.69) is 10.4 Å². The van der Waals surface area contributed by atoms with Gasteiger partial charge in [-0.05, 0) is 36.5 Å². The molecule has 0 atom stereocenters. The zero-order valence-corrected chi connectivity index (χ0v) is 16.9. The van der Waals surface area contributed by atoms with Gasteiger partial charge in [-0.15, -0.1) is 5.10 Å². The van der Waals surface area contributed by atoms with E-state index >= 15 is 0 Å². The molecule has 1 amide bonds.